The van der Waals surface area contributed by atoms with E-state index in [9.17, 15) is 14.4 Å². The number of benzene rings is 1. The van der Waals surface area contributed by atoms with Crippen LogP contribution in [0.5, 0.6) is 0 Å². The number of carbonyl (C=O) groups excluding carboxylic acids is 3. The molecule has 1 amide bonds. The SMILES string of the molecule is CCOC(=O)C(=O)Nc1ccc(Cl)c(C(=O)OC)c1. The highest BCUT2D eigenvalue weighted by Gasteiger charge is 2.17. The van der Waals surface area contributed by atoms with Gasteiger partial charge in [-0.25, -0.2) is 9.59 Å². The molecule has 1 aromatic rings. The molecule has 0 saturated heterocycles. The monoisotopic (exact) mass is 285 g/mol. The second-order valence-electron chi connectivity index (χ2n) is 3.36. The predicted octanol–water partition coefficient (Wildman–Crippen LogP) is 1.63. The molecular weight excluding hydrogens is 274 g/mol. The Balaban J connectivity index is 2.88. The van der Waals surface area contributed by atoms with Gasteiger partial charge in [0.2, 0.25) is 0 Å². The summed E-state index contributed by atoms with van der Waals surface area (Å²) in [5.74, 6) is -2.57. The fourth-order valence-electron chi connectivity index (χ4n) is 1.25. The van der Waals surface area contributed by atoms with E-state index in [1.807, 2.05) is 0 Å². The van der Waals surface area contributed by atoms with Gasteiger partial charge in [-0.2, -0.15) is 0 Å². The number of carbonyl (C=O) groups is 3. The van der Waals surface area contributed by atoms with E-state index in [4.69, 9.17) is 11.6 Å². The molecule has 6 nitrogen and oxygen atoms in total. The van der Waals surface area contributed by atoms with Crippen LogP contribution >= 0.6 is 11.6 Å². The first kappa shape index (κ1) is 15.0. The number of nitrogens with one attached hydrogen (secondary N) is 1. The van der Waals surface area contributed by atoms with Crippen molar-refractivity contribution in [2.75, 3.05) is 19.0 Å². The van der Waals surface area contributed by atoms with Crippen molar-refractivity contribution in [2.24, 2.45) is 0 Å². The van der Waals surface area contributed by atoms with E-state index >= 15 is 0 Å². The summed E-state index contributed by atoms with van der Waals surface area (Å²) >= 11 is 5.81. The van der Waals surface area contributed by atoms with Gasteiger partial charge in [0.05, 0.1) is 24.3 Å². The summed E-state index contributed by atoms with van der Waals surface area (Å²) < 4.78 is 9.07. The molecule has 0 atom stereocenters. The highest BCUT2D eigenvalue weighted by molar-refractivity contribution is 6.37. The maximum Gasteiger partial charge on any atom is 0.397 e. The average molecular weight is 286 g/mol. The van der Waals surface area contributed by atoms with Gasteiger partial charge in [0.1, 0.15) is 0 Å². The van der Waals surface area contributed by atoms with Gasteiger partial charge in [0, 0.05) is 5.69 Å². The molecule has 0 fully saturated rings. The fourth-order valence-corrected chi connectivity index (χ4v) is 1.44. The van der Waals surface area contributed by atoms with Crippen LogP contribution in [-0.4, -0.2) is 31.6 Å². The number of methoxy groups -OCH3 is 1. The summed E-state index contributed by atoms with van der Waals surface area (Å²) in [6, 6.07) is 4.17. The minimum Gasteiger partial charge on any atom is -0.465 e. The van der Waals surface area contributed by atoms with Crippen LogP contribution in [0.2, 0.25) is 5.02 Å². The third kappa shape index (κ3) is 3.96. The predicted molar refractivity (Wildman–Crippen MR) is 68.1 cm³/mol. The van der Waals surface area contributed by atoms with Crippen molar-refractivity contribution in [3.8, 4) is 0 Å². The molecule has 102 valence electrons. The number of hydrogen-bond donors (Lipinski definition) is 1. The van der Waals surface area contributed by atoms with Crippen molar-refractivity contribution in [1.29, 1.82) is 0 Å². The van der Waals surface area contributed by atoms with Crippen LogP contribution in [0, 0.1) is 0 Å². The standard InChI is InChI=1S/C12H12ClNO5/c1-3-19-12(17)10(15)14-7-4-5-9(13)8(6-7)11(16)18-2/h4-6H,3H2,1-2H3,(H,14,15). The lowest BCUT2D eigenvalue weighted by molar-refractivity contribution is -0.152. The fraction of sp³-hybridized carbons (Fsp3) is 0.250. The lowest BCUT2D eigenvalue weighted by Gasteiger charge is -2.07. The number of ether oxygens (including phenoxy) is 2. The molecule has 0 radical (unpaired) electrons. The van der Waals surface area contributed by atoms with E-state index in [2.05, 4.69) is 14.8 Å². The molecule has 0 bridgehead atoms. The van der Waals surface area contributed by atoms with Crippen molar-refractivity contribution < 1.29 is 23.9 Å². The van der Waals surface area contributed by atoms with Crippen LogP contribution in [0.3, 0.4) is 0 Å². The molecule has 0 saturated carbocycles. The molecule has 1 N–H and O–H groups in total. The van der Waals surface area contributed by atoms with E-state index in [0.717, 1.165) is 0 Å². The minimum atomic E-state index is -1.00. The maximum atomic E-state index is 11.4. The number of amides is 1. The van der Waals surface area contributed by atoms with E-state index in [1.165, 1.54) is 25.3 Å². The second-order valence-corrected chi connectivity index (χ2v) is 3.77. The summed E-state index contributed by atoms with van der Waals surface area (Å²) in [5.41, 5.74) is 0.327. The summed E-state index contributed by atoms with van der Waals surface area (Å²) in [4.78, 5) is 33.9. The molecule has 0 unspecified atom stereocenters. The molecule has 0 aliphatic heterocycles. The Bertz CT molecular complexity index is 515. The Hall–Kier alpha value is -2.08. The zero-order chi connectivity index (χ0) is 14.4. The van der Waals surface area contributed by atoms with Crippen molar-refractivity contribution in [3.05, 3.63) is 28.8 Å². The highest BCUT2D eigenvalue weighted by atomic mass is 35.5. The Labute approximate surface area is 114 Å². The second kappa shape index (κ2) is 6.75. The Kier molecular flexibility index (Phi) is 5.32. The van der Waals surface area contributed by atoms with Gasteiger partial charge < -0.3 is 14.8 Å². The van der Waals surface area contributed by atoms with Crippen molar-refractivity contribution in [2.45, 2.75) is 6.92 Å². The Morgan fingerprint density at radius 3 is 2.58 bits per heavy atom. The van der Waals surface area contributed by atoms with Crippen LogP contribution in [0.15, 0.2) is 18.2 Å². The molecule has 0 spiro atoms. The topological polar surface area (TPSA) is 81.7 Å². The largest absolute Gasteiger partial charge is 0.465 e. The Morgan fingerprint density at radius 2 is 2.00 bits per heavy atom. The quantitative estimate of drug-likeness (QED) is 0.674. The first-order valence-electron chi connectivity index (χ1n) is 5.35. The summed E-state index contributed by atoms with van der Waals surface area (Å²) in [6.07, 6.45) is 0. The zero-order valence-corrected chi connectivity index (χ0v) is 11.1. The summed E-state index contributed by atoms with van der Waals surface area (Å²) in [7, 11) is 1.21. The molecule has 1 rings (SSSR count). The van der Waals surface area contributed by atoms with Gasteiger partial charge >= 0.3 is 17.8 Å². The maximum absolute atomic E-state index is 11.4. The lowest BCUT2D eigenvalue weighted by atomic mass is 10.2. The van der Waals surface area contributed by atoms with Crippen LogP contribution in [-0.2, 0) is 19.1 Å². The lowest BCUT2D eigenvalue weighted by Crippen LogP contribution is -2.25. The molecule has 19 heavy (non-hydrogen) atoms. The van der Waals surface area contributed by atoms with Gasteiger partial charge in [-0.3, -0.25) is 4.79 Å². The van der Waals surface area contributed by atoms with Gasteiger partial charge in [0.15, 0.2) is 0 Å². The summed E-state index contributed by atoms with van der Waals surface area (Å²) in [5, 5.41) is 2.47. The van der Waals surface area contributed by atoms with Crippen LogP contribution in [0.1, 0.15) is 17.3 Å². The first-order valence-corrected chi connectivity index (χ1v) is 5.73. The number of halogens is 1. The smallest absolute Gasteiger partial charge is 0.397 e. The van der Waals surface area contributed by atoms with E-state index in [-0.39, 0.29) is 22.9 Å². The van der Waals surface area contributed by atoms with Gasteiger partial charge in [-0.15, -0.1) is 0 Å². The molecular formula is C12H12ClNO5. The molecule has 1 aromatic carbocycles. The van der Waals surface area contributed by atoms with Crippen molar-refractivity contribution in [3.63, 3.8) is 0 Å². The van der Waals surface area contributed by atoms with E-state index in [0.29, 0.717) is 0 Å². The third-order valence-corrected chi connectivity index (χ3v) is 2.42. The summed E-state index contributed by atoms with van der Waals surface area (Å²) in [6.45, 7) is 1.68. The highest BCUT2D eigenvalue weighted by Crippen LogP contribution is 2.21. The molecule has 7 heteroatoms. The van der Waals surface area contributed by atoms with E-state index < -0.39 is 17.8 Å². The van der Waals surface area contributed by atoms with Gasteiger partial charge in [0.25, 0.3) is 0 Å². The molecule has 0 heterocycles. The van der Waals surface area contributed by atoms with Crippen LogP contribution < -0.4 is 5.32 Å². The average Bonchev–Trinajstić information content (AvgIpc) is 2.40. The zero-order valence-electron chi connectivity index (χ0n) is 10.4. The molecule has 0 aliphatic rings. The number of anilines is 1. The molecule has 0 aromatic heterocycles. The van der Waals surface area contributed by atoms with Gasteiger partial charge in [-0.05, 0) is 25.1 Å². The Morgan fingerprint density at radius 1 is 1.32 bits per heavy atom. The third-order valence-electron chi connectivity index (χ3n) is 2.09. The first-order chi connectivity index (χ1) is 8.99. The number of esters is 2. The van der Waals surface area contributed by atoms with E-state index in [1.54, 1.807) is 6.92 Å². The number of rotatable bonds is 3. The normalized spacial score (nSPS) is 9.63. The van der Waals surface area contributed by atoms with Crippen LogP contribution in [0.4, 0.5) is 5.69 Å². The number of hydrogen-bond acceptors (Lipinski definition) is 5. The van der Waals surface area contributed by atoms with Crippen molar-refractivity contribution >= 4 is 35.1 Å². The van der Waals surface area contributed by atoms with Crippen LogP contribution in [0.25, 0.3) is 0 Å². The molecule has 0 aliphatic carbocycles. The minimum absolute atomic E-state index is 0.0887. The van der Waals surface area contributed by atoms with Crippen molar-refractivity contribution in [1.82, 2.24) is 0 Å². The van der Waals surface area contributed by atoms with Gasteiger partial charge in [-0.1, -0.05) is 11.6 Å².